The topological polar surface area (TPSA) is 38.9 Å². The summed E-state index contributed by atoms with van der Waals surface area (Å²) < 4.78 is 0. The van der Waals surface area contributed by atoms with Crippen molar-refractivity contribution in [1.82, 2.24) is 4.98 Å². The lowest BCUT2D eigenvalue weighted by molar-refractivity contribution is 0.959. The Balaban J connectivity index is 2.81. The van der Waals surface area contributed by atoms with Crippen LogP contribution in [0.4, 0.5) is 0 Å². The maximum atomic E-state index is 5.81. The highest BCUT2D eigenvalue weighted by Crippen LogP contribution is 2.12. The second-order valence-corrected chi connectivity index (χ2v) is 2.41. The molecule has 1 rings (SSSR count). The molecular formula is C7H9ClN2. The van der Waals surface area contributed by atoms with E-state index in [-0.39, 0.29) is 0 Å². The van der Waals surface area contributed by atoms with E-state index < -0.39 is 0 Å². The normalized spacial score (nSPS) is 9.80. The Morgan fingerprint density at radius 2 is 2.40 bits per heavy atom. The molecule has 1 aromatic heterocycles. The molecule has 0 aromatic carbocycles. The molecular weight excluding hydrogens is 148 g/mol. The van der Waals surface area contributed by atoms with Gasteiger partial charge in [0, 0.05) is 17.4 Å². The minimum Gasteiger partial charge on any atom is -0.330 e. The molecule has 0 aliphatic heterocycles. The molecule has 1 heterocycles. The molecule has 3 heteroatoms. The van der Waals surface area contributed by atoms with Gasteiger partial charge in [-0.2, -0.15) is 0 Å². The minimum absolute atomic E-state index is 0.616. The van der Waals surface area contributed by atoms with E-state index in [1.54, 1.807) is 18.5 Å². The summed E-state index contributed by atoms with van der Waals surface area (Å²) in [5.74, 6) is 0. The first kappa shape index (κ1) is 7.51. The Kier molecular flexibility index (Phi) is 2.66. The lowest BCUT2D eigenvalue weighted by Gasteiger charge is -1.98. The Morgan fingerprint density at radius 1 is 1.60 bits per heavy atom. The third-order valence-electron chi connectivity index (χ3n) is 1.26. The van der Waals surface area contributed by atoms with Crippen LogP contribution in [0, 0.1) is 0 Å². The van der Waals surface area contributed by atoms with Gasteiger partial charge in [0.25, 0.3) is 0 Å². The van der Waals surface area contributed by atoms with Gasteiger partial charge < -0.3 is 5.73 Å². The molecule has 54 valence electrons. The number of nitrogens with two attached hydrogens (primary N) is 1. The number of nitrogens with zero attached hydrogens (tertiary/aromatic N) is 1. The molecule has 2 N–H and O–H groups in total. The number of pyridine rings is 1. The third-order valence-corrected chi connectivity index (χ3v) is 1.63. The van der Waals surface area contributed by atoms with Crippen LogP contribution in [0.3, 0.4) is 0 Å². The third kappa shape index (κ3) is 1.69. The predicted molar refractivity (Wildman–Crippen MR) is 42.0 cm³/mol. The van der Waals surface area contributed by atoms with Crippen molar-refractivity contribution >= 4 is 11.6 Å². The van der Waals surface area contributed by atoms with Gasteiger partial charge in [-0.1, -0.05) is 11.6 Å². The molecule has 0 saturated carbocycles. The van der Waals surface area contributed by atoms with E-state index in [1.165, 1.54) is 0 Å². The molecule has 2 nitrogen and oxygen atoms in total. The Hall–Kier alpha value is -0.600. The van der Waals surface area contributed by atoms with E-state index in [1.807, 2.05) is 0 Å². The summed E-state index contributed by atoms with van der Waals surface area (Å²) in [6, 6.07) is 1.77. The standard InChI is InChI=1S/C7H9ClN2/c8-7-2-4-10-5-6(7)1-3-9/h2,4-5H,1,3,9H2. The molecule has 0 amide bonds. The molecule has 0 unspecified atom stereocenters. The largest absolute Gasteiger partial charge is 0.330 e. The van der Waals surface area contributed by atoms with Gasteiger partial charge in [-0.15, -0.1) is 0 Å². The van der Waals surface area contributed by atoms with Crippen LogP contribution in [0.5, 0.6) is 0 Å². The summed E-state index contributed by atoms with van der Waals surface area (Å²) in [7, 11) is 0. The zero-order valence-corrected chi connectivity index (χ0v) is 6.30. The zero-order chi connectivity index (χ0) is 7.40. The van der Waals surface area contributed by atoms with Gasteiger partial charge >= 0.3 is 0 Å². The fourth-order valence-electron chi connectivity index (χ4n) is 0.750. The Bertz CT molecular complexity index is 213. The van der Waals surface area contributed by atoms with Crippen LogP contribution in [-0.2, 0) is 6.42 Å². The van der Waals surface area contributed by atoms with Crippen LogP contribution in [0.2, 0.25) is 5.02 Å². The molecule has 0 fully saturated rings. The van der Waals surface area contributed by atoms with E-state index in [2.05, 4.69) is 4.98 Å². The minimum atomic E-state index is 0.616. The van der Waals surface area contributed by atoms with Crippen molar-refractivity contribution in [1.29, 1.82) is 0 Å². The molecule has 0 radical (unpaired) electrons. The van der Waals surface area contributed by atoms with Crippen LogP contribution < -0.4 is 5.73 Å². The van der Waals surface area contributed by atoms with E-state index >= 15 is 0 Å². The van der Waals surface area contributed by atoms with E-state index in [0.717, 1.165) is 17.0 Å². The first-order valence-electron chi connectivity index (χ1n) is 3.13. The number of halogens is 1. The van der Waals surface area contributed by atoms with Crippen molar-refractivity contribution in [2.24, 2.45) is 5.73 Å². The van der Waals surface area contributed by atoms with Crippen LogP contribution in [0.1, 0.15) is 5.56 Å². The van der Waals surface area contributed by atoms with Crippen LogP contribution in [0.25, 0.3) is 0 Å². The maximum Gasteiger partial charge on any atom is 0.0469 e. The van der Waals surface area contributed by atoms with Gasteiger partial charge in [0.2, 0.25) is 0 Å². The predicted octanol–water partition coefficient (Wildman–Crippen LogP) is 1.24. The van der Waals surface area contributed by atoms with Gasteiger partial charge in [-0.05, 0) is 24.6 Å². The number of hydrogen-bond donors (Lipinski definition) is 1. The SMILES string of the molecule is NCCc1cnccc1Cl. The molecule has 0 aliphatic carbocycles. The number of hydrogen-bond acceptors (Lipinski definition) is 2. The Morgan fingerprint density at radius 3 is 3.00 bits per heavy atom. The summed E-state index contributed by atoms with van der Waals surface area (Å²) >= 11 is 5.81. The highest BCUT2D eigenvalue weighted by Gasteiger charge is 1.95. The average Bonchev–Trinajstić information content (AvgIpc) is 1.94. The molecule has 0 aliphatic rings. The van der Waals surface area contributed by atoms with Crippen LogP contribution in [-0.4, -0.2) is 11.5 Å². The van der Waals surface area contributed by atoms with Crippen molar-refractivity contribution < 1.29 is 0 Å². The van der Waals surface area contributed by atoms with E-state index in [9.17, 15) is 0 Å². The summed E-state index contributed by atoms with van der Waals surface area (Å²) in [5.41, 5.74) is 6.36. The second-order valence-electron chi connectivity index (χ2n) is 2.01. The highest BCUT2D eigenvalue weighted by molar-refractivity contribution is 6.31. The van der Waals surface area contributed by atoms with Crippen molar-refractivity contribution in [3.8, 4) is 0 Å². The smallest absolute Gasteiger partial charge is 0.0469 e. The fourth-order valence-corrected chi connectivity index (χ4v) is 0.949. The van der Waals surface area contributed by atoms with Crippen LogP contribution in [0.15, 0.2) is 18.5 Å². The highest BCUT2D eigenvalue weighted by atomic mass is 35.5. The average molecular weight is 157 g/mol. The second kappa shape index (κ2) is 3.54. The molecule has 0 bridgehead atoms. The van der Waals surface area contributed by atoms with Gasteiger partial charge in [0.15, 0.2) is 0 Å². The van der Waals surface area contributed by atoms with Crippen molar-refractivity contribution in [2.75, 3.05) is 6.54 Å². The van der Waals surface area contributed by atoms with Crippen LogP contribution >= 0.6 is 11.6 Å². The van der Waals surface area contributed by atoms with Crippen molar-refractivity contribution in [3.05, 3.63) is 29.0 Å². The summed E-state index contributed by atoms with van der Waals surface area (Å²) in [4.78, 5) is 3.92. The molecule has 0 spiro atoms. The monoisotopic (exact) mass is 156 g/mol. The lowest BCUT2D eigenvalue weighted by Crippen LogP contribution is -2.03. The van der Waals surface area contributed by atoms with Gasteiger partial charge in [0.05, 0.1) is 0 Å². The van der Waals surface area contributed by atoms with Gasteiger partial charge in [0.1, 0.15) is 0 Å². The quantitative estimate of drug-likeness (QED) is 0.700. The van der Waals surface area contributed by atoms with Gasteiger partial charge in [-0.25, -0.2) is 0 Å². The molecule has 0 atom stereocenters. The summed E-state index contributed by atoms with van der Waals surface area (Å²) in [6.45, 7) is 0.616. The number of aromatic nitrogens is 1. The lowest BCUT2D eigenvalue weighted by atomic mass is 10.2. The first-order chi connectivity index (χ1) is 4.84. The fraction of sp³-hybridized carbons (Fsp3) is 0.286. The zero-order valence-electron chi connectivity index (χ0n) is 5.55. The summed E-state index contributed by atoms with van der Waals surface area (Å²) in [5, 5.41) is 0.750. The van der Waals surface area contributed by atoms with Gasteiger partial charge in [-0.3, -0.25) is 4.98 Å². The molecule has 1 aromatic rings. The van der Waals surface area contributed by atoms with E-state index in [0.29, 0.717) is 6.54 Å². The van der Waals surface area contributed by atoms with Crippen molar-refractivity contribution in [2.45, 2.75) is 6.42 Å². The number of rotatable bonds is 2. The Labute approximate surface area is 65.0 Å². The molecule has 10 heavy (non-hydrogen) atoms. The maximum absolute atomic E-state index is 5.81. The molecule has 0 saturated heterocycles. The van der Waals surface area contributed by atoms with E-state index in [4.69, 9.17) is 17.3 Å². The van der Waals surface area contributed by atoms with Crippen molar-refractivity contribution in [3.63, 3.8) is 0 Å². The first-order valence-corrected chi connectivity index (χ1v) is 3.51. The summed E-state index contributed by atoms with van der Waals surface area (Å²) in [6.07, 6.45) is 4.21.